The van der Waals surface area contributed by atoms with Gasteiger partial charge in [-0.2, -0.15) is 0 Å². The summed E-state index contributed by atoms with van der Waals surface area (Å²) in [5.74, 6) is -0.614. The number of likely N-dealkylation sites (N-methyl/N-ethyl adjacent to an activating group) is 1. The van der Waals surface area contributed by atoms with Gasteiger partial charge in [0.2, 0.25) is 0 Å². The molecule has 5 heteroatoms. The van der Waals surface area contributed by atoms with Crippen LogP contribution in [0.5, 0.6) is 0 Å². The van der Waals surface area contributed by atoms with Gasteiger partial charge in [0.1, 0.15) is 0 Å². The fourth-order valence-corrected chi connectivity index (χ4v) is 2.20. The molecule has 16 heavy (non-hydrogen) atoms. The molecule has 0 atom stereocenters. The molecule has 0 aromatic carbocycles. The van der Waals surface area contributed by atoms with Gasteiger partial charge in [0.15, 0.2) is 0 Å². The lowest BCUT2D eigenvalue weighted by atomic mass is 10.3. The maximum Gasteiger partial charge on any atom is 0.312 e. The van der Waals surface area contributed by atoms with Gasteiger partial charge in [-0.15, -0.1) is 0 Å². The molecule has 90 valence electrons. The first-order chi connectivity index (χ1) is 7.68. The van der Waals surface area contributed by atoms with Gasteiger partial charge < -0.3 is 14.7 Å². The van der Waals surface area contributed by atoms with Crippen molar-refractivity contribution in [2.24, 2.45) is 0 Å². The summed E-state index contributed by atoms with van der Waals surface area (Å²) >= 11 is 0. The molecule has 2 saturated heterocycles. The Morgan fingerprint density at radius 3 is 1.69 bits per heavy atom. The van der Waals surface area contributed by atoms with E-state index in [9.17, 15) is 9.59 Å². The molecular weight excluding hydrogens is 206 g/mol. The van der Waals surface area contributed by atoms with Crippen molar-refractivity contribution in [2.45, 2.75) is 12.8 Å². The molecule has 0 aliphatic carbocycles. The first-order valence-electron chi connectivity index (χ1n) is 5.95. The molecule has 0 radical (unpaired) electrons. The molecule has 2 rings (SSSR count). The molecule has 0 unspecified atom stereocenters. The number of likely N-dealkylation sites (tertiary alicyclic amines) is 1. The standard InChI is InChI=1S/C11H19N3O2/c1-12-6-8-14(9-7-12)11(16)10(15)13-4-2-3-5-13/h2-9H2,1H3. The van der Waals surface area contributed by atoms with Crippen molar-refractivity contribution in [3.63, 3.8) is 0 Å². The lowest BCUT2D eigenvalue weighted by molar-refractivity contribution is -0.152. The van der Waals surface area contributed by atoms with Crippen LogP contribution in [-0.4, -0.2) is 72.8 Å². The van der Waals surface area contributed by atoms with E-state index in [-0.39, 0.29) is 11.8 Å². The van der Waals surface area contributed by atoms with E-state index in [1.54, 1.807) is 9.80 Å². The van der Waals surface area contributed by atoms with Crippen LogP contribution in [0.1, 0.15) is 12.8 Å². The van der Waals surface area contributed by atoms with Crippen molar-refractivity contribution in [2.75, 3.05) is 46.3 Å². The highest BCUT2D eigenvalue weighted by Gasteiger charge is 2.29. The maximum atomic E-state index is 11.9. The summed E-state index contributed by atoms with van der Waals surface area (Å²) < 4.78 is 0. The highest BCUT2D eigenvalue weighted by molar-refractivity contribution is 6.34. The molecule has 2 fully saturated rings. The SMILES string of the molecule is CN1CCN(C(=O)C(=O)N2CCCC2)CC1. The molecule has 0 saturated carbocycles. The van der Waals surface area contributed by atoms with Crippen molar-refractivity contribution in [1.82, 2.24) is 14.7 Å². The van der Waals surface area contributed by atoms with Crippen molar-refractivity contribution in [3.8, 4) is 0 Å². The Morgan fingerprint density at radius 1 is 0.750 bits per heavy atom. The van der Waals surface area contributed by atoms with Crippen LogP contribution in [0.15, 0.2) is 0 Å². The van der Waals surface area contributed by atoms with Gasteiger partial charge in [0, 0.05) is 39.3 Å². The number of hydrogen-bond acceptors (Lipinski definition) is 3. The number of hydrogen-bond donors (Lipinski definition) is 0. The third-order valence-corrected chi connectivity index (χ3v) is 3.37. The largest absolute Gasteiger partial charge is 0.334 e. The second-order valence-corrected chi connectivity index (χ2v) is 4.59. The van der Waals surface area contributed by atoms with E-state index in [0.29, 0.717) is 13.1 Å². The zero-order valence-electron chi connectivity index (χ0n) is 9.81. The number of piperazine rings is 1. The molecular formula is C11H19N3O2. The molecule has 0 spiro atoms. The van der Waals surface area contributed by atoms with Gasteiger partial charge in [-0.25, -0.2) is 0 Å². The van der Waals surface area contributed by atoms with E-state index in [0.717, 1.165) is 39.0 Å². The highest BCUT2D eigenvalue weighted by Crippen LogP contribution is 2.09. The average Bonchev–Trinajstić information content (AvgIpc) is 2.81. The summed E-state index contributed by atoms with van der Waals surface area (Å²) in [5, 5.41) is 0. The van der Waals surface area contributed by atoms with E-state index in [1.807, 2.05) is 7.05 Å². The molecule has 5 nitrogen and oxygen atoms in total. The van der Waals surface area contributed by atoms with Crippen LogP contribution >= 0.6 is 0 Å². The number of nitrogens with zero attached hydrogens (tertiary/aromatic N) is 3. The molecule has 0 N–H and O–H groups in total. The van der Waals surface area contributed by atoms with Crippen molar-refractivity contribution >= 4 is 11.8 Å². The number of carbonyl (C=O) groups excluding carboxylic acids is 2. The Bertz CT molecular complexity index is 279. The van der Waals surface area contributed by atoms with Crippen LogP contribution in [0.4, 0.5) is 0 Å². The van der Waals surface area contributed by atoms with Crippen molar-refractivity contribution in [1.29, 1.82) is 0 Å². The van der Waals surface area contributed by atoms with Crippen LogP contribution in [-0.2, 0) is 9.59 Å². The van der Waals surface area contributed by atoms with Gasteiger partial charge in [-0.05, 0) is 19.9 Å². The van der Waals surface area contributed by atoms with Gasteiger partial charge in [0.25, 0.3) is 0 Å². The second-order valence-electron chi connectivity index (χ2n) is 4.59. The Balaban J connectivity index is 1.88. The van der Waals surface area contributed by atoms with E-state index < -0.39 is 0 Å². The van der Waals surface area contributed by atoms with Crippen LogP contribution in [0, 0.1) is 0 Å². The van der Waals surface area contributed by atoms with Crippen LogP contribution in [0.25, 0.3) is 0 Å². The summed E-state index contributed by atoms with van der Waals surface area (Å²) in [4.78, 5) is 29.3. The summed E-state index contributed by atoms with van der Waals surface area (Å²) in [6.45, 7) is 4.57. The predicted molar refractivity (Wildman–Crippen MR) is 59.9 cm³/mol. The summed E-state index contributed by atoms with van der Waals surface area (Å²) in [6, 6.07) is 0. The minimum atomic E-state index is -0.310. The zero-order valence-corrected chi connectivity index (χ0v) is 9.81. The molecule has 2 aliphatic heterocycles. The van der Waals surface area contributed by atoms with E-state index in [4.69, 9.17) is 0 Å². The quantitative estimate of drug-likeness (QED) is 0.516. The first-order valence-corrected chi connectivity index (χ1v) is 5.95. The Kier molecular flexibility index (Phi) is 3.43. The zero-order chi connectivity index (χ0) is 11.5. The van der Waals surface area contributed by atoms with Crippen molar-refractivity contribution < 1.29 is 9.59 Å². The lowest BCUT2D eigenvalue weighted by Crippen LogP contribution is -2.52. The van der Waals surface area contributed by atoms with Crippen LogP contribution < -0.4 is 0 Å². The molecule has 2 aliphatic rings. The van der Waals surface area contributed by atoms with Crippen molar-refractivity contribution in [3.05, 3.63) is 0 Å². The molecule has 0 aromatic rings. The number of amides is 2. The molecule has 0 bridgehead atoms. The van der Waals surface area contributed by atoms with E-state index in [2.05, 4.69) is 4.90 Å². The van der Waals surface area contributed by atoms with E-state index >= 15 is 0 Å². The predicted octanol–water partition coefficient (Wildman–Crippen LogP) is -0.617. The average molecular weight is 225 g/mol. The fourth-order valence-electron chi connectivity index (χ4n) is 2.20. The maximum absolute atomic E-state index is 11.9. The third-order valence-electron chi connectivity index (χ3n) is 3.37. The topological polar surface area (TPSA) is 43.9 Å². The summed E-state index contributed by atoms with van der Waals surface area (Å²) in [7, 11) is 2.03. The minimum absolute atomic E-state index is 0.304. The van der Waals surface area contributed by atoms with Gasteiger partial charge in [-0.3, -0.25) is 9.59 Å². The van der Waals surface area contributed by atoms with Crippen LogP contribution in [0.2, 0.25) is 0 Å². The highest BCUT2D eigenvalue weighted by atomic mass is 16.2. The Labute approximate surface area is 96.0 Å². The van der Waals surface area contributed by atoms with Gasteiger partial charge >= 0.3 is 11.8 Å². The fraction of sp³-hybridized carbons (Fsp3) is 0.818. The van der Waals surface area contributed by atoms with E-state index in [1.165, 1.54) is 0 Å². The second kappa shape index (κ2) is 4.82. The number of rotatable bonds is 0. The molecule has 2 amide bonds. The molecule has 0 aromatic heterocycles. The Morgan fingerprint density at radius 2 is 1.19 bits per heavy atom. The monoisotopic (exact) mass is 225 g/mol. The van der Waals surface area contributed by atoms with Gasteiger partial charge in [-0.1, -0.05) is 0 Å². The summed E-state index contributed by atoms with van der Waals surface area (Å²) in [6.07, 6.45) is 2.06. The van der Waals surface area contributed by atoms with Crippen LogP contribution in [0.3, 0.4) is 0 Å². The molecule has 2 heterocycles. The van der Waals surface area contributed by atoms with Gasteiger partial charge in [0.05, 0.1) is 0 Å². The Hall–Kier alpha value is -1.10. The number of carbonyl (C=O) groups is 2. The smallest absolute Gasteiger partial charge is 0.312 e. The summed E-state index contributed by atoms with van der Waals surface area (Å²) in [5.41, 5.74) is 0. The normalized spacial score (nSPS) is 22.6. The first kappa shape index (κ1) is 11.4. The minimum Gasteiger partial charge on any atom is -0.334 e. The third kappa shape index (κ3) is 2.35. The lowest BCUT2D eigenvalue weighted by Gasteiger charge is -2.32.